The van der Waals surface area contributed by atoms with E-state index in [1.807, 2.05) is 0 Å². The van der Waals surface area contributed by atoms with Crippen molar-refractivity contribution >= 4 is 11.9 Å². The third-order valence-corrected chi connectivity index (χ3v) is 17.4. The lowest BCUT2D eigenvalue weighted by atomic mass is 9.33. The monoisotopic (exact) mass is 785 g/mol. The second kappa shape index (κ2) is 18.9. The molecule has 0 amide bonds. The summed E-state index contributed by atoms with van der Waals surface area (Å²) in [5, 5.41) is 22.6. The number of carbonyl (C=O) groups is 2. The van der Waals surface area contributed by atoms with E-state index in [4.69, 9.17) is 14.2 Å². The van der Waals surface area contributed by atoms with Crippen molar-refractivity contribution < 1.29 is 34.0 Å². The summed E-state index contributed by atoms with van der Waals surface area (Å²) in [4.78, 5) is 24.7. The molecule has 7 heteroatoms. The maximum absolute atomic E-state index is 12.6. The number of carbonyl (C=O) groups excluding carboxylic acids is 2. The molecule has 0 spiro atoms. The number of hydrogen-bond acceptors (Lipinski definition) is 7. The Balaban J connectivity index is 1.21. The van der Waals surface area contributed by atoms with Gasteiger partial charge in [-0.15, -0.1) is 0 Å². The van der Waals surface area contributed by atoms with Gasteiger partial charge in [-0.3, -0.25) is 9.59 Å². The minimum atomic E-state index is -0.790. The molecule has 4 fully saturated rings. The standard InChI is InChI=1S/C49H84O7/c1-10-11-12-13-14-15-16-17-18-19-20-21-37(52)26-31-54-33-36-32-39-38-22-23-41-47(7)27-25-42(55-34(2)50)45(4,5)40(47)24-28-49(41,9)48(38,8)30-29-46(39,6)44(43(36)53)56-35(3)51/h22,36-37,39-44,52-53H,10-21,23-33H2,1-9H3/t36?,37?,39-,40?,41-,42-,43+,44+,46-,47+,48-,49-/m1/s1. The largest absolute Gasteiger partial charge is 0.462 e. The molecule has 0 heterocycles. The molecule has 0 aromatic rings. The van der Waals surface area contributed by atoms with Crippen molar-refractivity contribution in [2.45, 2.75) is 222 Å². The van der Waals surface area contributed by atoms with E-state index in [9.17, 15) is 19.8 Å². The van der Waals surface area contributed by atoms with E-state index in [0.29, 0.717) is 31.5 Å². The highest BCUT2D eigenvalue weighted by Crippen LogP contribution is 2.75. The summed E-state index contributed by atoms with van der Waals surface area (Å²) in [6.45, 7) is 20.8. The van der Waals surface area contributed by atoms with E-state index in [1.54, 1.807) is 6.92 Å². The fraction of sp³-hybridized carbons (Fsp3) is 0.918. The molecule has 0 saturated heterocycles. The molecule has 0 radical (unpaired) electrons. The van der Waals surface area contributed by atoms with E-state index < -0.39 is 12.2 Å². The lowest BCUT2D eigenvalue weighted by Crippen LogP contribution is -2.66. The van der Waals surface area contributed by atoms with Crippen LogP contribution in [0.15, 0.2) is 11.6 Å². The lowest BCUT2D eigenvalue weighted by Gasteiger charge is -2.71. The summed E-state index contributed by atoms with van der Waals surface area (Å²) in [5.74, 6) is 0.540. The molecule has 4 saturated carbocycles. The Morgan fingerprint density at radius 1 is 0.768 bits per heavy atom. The van der Waals surface area contributed by atoms with Crippen LogP contribution in [0.3, 0.4) is 0 Å². The predicted molar refractivity (Wildman–Crippen MR) is 225 cm³/mol. The summed E-state index contributed by atoms with van der Waals surface area (Å²) in [5.41, 5.74) is 1.34. The van der Waals surface area contributed by atoms with E-state index in [2.05, 4.69) is 54.5 Å². The number of aliphatic hydroxyl groups excluding tert-OH is 2. The van der Waals surface area contributed by atoms with Crippen molar-refractivity contribution in [1.29, 1.82) is 0 Å². The van der Waals surface area contributed by atoms with E-state index in [1.165, 1.54) is 76.7 Å². The molecular weight excluding hydrogens is 701 g/mol. The van der Waals surface area contributed by atoms with E-state index in [0.717, 1.165) is 64.2 Å². The van der Waals surface area contributed by atoms with Crippen LogP contribution in [-0.2, 0) is 23.8 Å². The van der Waals surface area contributed by atoms with Gasteiger partial charge in [0, 0.05) is 37.2 Å². The van der Waals surface area contributed by atoms with Gasteiger partial charge < -0.3 is 24.4 Å². The zero-order valence-corrected chi connectivity index (χ0v) is 37.4. The Morgan fingerprint density at radius 3 is 2.02 bits per heavy atom. The van der Waals surface area contributed by atoms with E-state index in [-0.39, 0.29) is 63.1 Å². The number of rotatable bonds is 19. The van der Waals surface area contributed by atoms with Crippen LogP contribution in [0.5, 0.6) is 0 Å². The molecule has 322 valence electrons. The van der Waals surface area contributed by atoms with Gasteiger partial charge in [0.25, 0.3) is 0 Å². The highest BCUT2D eigenvalue weighted by Gasteiger charge is 2.69. The quantitative estimate of drug-likeness (QED) is 0.0764. The fourth-order valence-electron chi connectivity index (χ4n) is 13.9. The molecule has 7 nitrogen and oxygen atoms in total. The summed E-state index contributed by atoms with van der Waals surface area (Å²) < 4.78 is 18.3. The van der Waals surface area contributed by atoms with Gasteiger partial charge in [0.05, 0.1) is 18.8 Å². The van der Waals surface area contributed by atoms with Crippen molar-refractivity contribution in [2.24, 2.45) is 50.7 Å². The van der Waals surface area contributed by atoms with Crippen LogP contribution in [0, 0.1) is 50.7 Å². The van der Waals surface area contributed by atoms with Crippen molar-refractivity contribution in [3.8, 4) is 0 Å². The van der Waals surface area contributed by atoms with Gasteiger partial charge in [0.2, 0.25) is 0 Å². The first kappa shape index (κ1) is 45.6. The van der Waals surface area contributed by atoms with Crippen molar-refractivity contribution in [1.82, 2.24) is 0 Å². The van der Waals surface area contributed by atoms with Crippen LogP contribution >= 0.6 is 0 Å². The molecule has 5 aliphatic carbocycles. The number of aliphatic hydroxyl groups is 2. The van der Waals surface area contributed by atoms with Gasteiger partial charge in [-0.05, 0) is 98.2 Å². The summed E-state index contributed by atoms with van der Waals surface area (Å²) in [6, 6.07) is 0. The van der Waals surface area contributed by atoms with Crippen molar-refractivity contribution in [2.75, 3.05) is 13.2 Å². The van der Waals surface area contributed by atoms with Crippen LogP contribution in [0.2, 0.25) is 0 Å². The van der Waals surface area contributed by atoms with Crippen LogP contribution in [0.1, 0.15) is 197 Å². The van der Waals surface area contributed by atoms with Crippen LogP contribution in [-0.4, -0.2) is 59.8 Å². The molecular formula is C49H84O7. The number of esters is 2. The third kappa shape index (κ3) is 9.15. The minimum Gasteiger partial charge on any atom is -0.462 e. The Morgan fingerprint density at radius 2 is 1.39 bits per heavy atom. The van der Waals surface area contributed by atoms with Gasteiger partial charge >= 0.3 is 11.9 Å². The second-order valence-electron chi connectivity index (χ2n) is 21.2. The Bertz CT molecular complexity index is 1340. The average Bonchev–Trinajstić information content (AvgIpc) is 3.12. The van der Waals surface area contributed by atoms with E-state index >= 15 is 0 Å². The molecule has 0 aliphatic heterocycles. The lowest BCUT2D eigenvalue weighted by molar-refractivity contribution is -0.223. The van der Waals surface area contributed by atoms with Crippen LogP contribution in [0.25, 0.3) is 0 Å². The second-order valence-corrected chi connectivity index (χ2v) is 21.2. The fourth-order valence-corrected chi connectivity index (χ4v) is 13.9. The maximum Gasteiger partial charge on any atom is 0.303 e. The summed E-state index contributed by atoms with van der Waals surface area (Å²) in [7, 11) is 0. The molecule has 5 aliphatic rings. The third-order valence-electron chi connectivity index (χ3n) is 17.4. The predicted octanol–water partition coefficient (Wildman–Crippen LogP) is 11.3. The van der Waals surface area contributed by atoms with Gasteiger partial charge in [0.15, 0.2) is 0 Å². The molecule has 0 bridgehead atoms. The topological polar surface area (TPSA) is 102 Å². The SMILES string of the molecule is CCCCCCCCCCCCCC(O)CCOCC1C[C@@H]2C3=CC[C@@H]4[C@@]5(C)CC[C@@H](OC(C)=O)C(C)(C)C5CC[C@@]4(C)[C@]3(C)CC[C@@]2(C)[C@@H](OC(C)=O)[C@H]1O. The molecule has 0 aromatic heterocycles. The maximum atomic E-state index is 12.6. The van der Waals surface area contributed by atoms with Crippen LogP contribution in [0.4, 0.5) is 0 Å². The highest BCUT2D eigenvalue weighted by molar-refractivity contribution is 5.66. The number of fused-ring (bicyclic) bond motifs is 7. The van der Waals surface area contributed by atoms with Crippen molar-refractivity contribution in [3.05, 3.63) is 11.6 Å². The Labute approximate surface area is 342 Å². The van der Waals surface area contributed by atoms with Gasteiger partial charge in [-0.1, -0.05) is 131 Å². The molecule has 12 atom stereocenters. The number of unbranched alkanes of at least 4 members (excludes halogenated alkanes) is 10. The summed E-state index contributed by atoms with van der Waals surface area (Å²) in [6.07, 6.45) is 24.6. The average molecular weight is 785 g/mol. The summed E-state index contributed by atoms with van der Waals surface area (Å²) >= 11 is 0. The van der Waals surface area contributed by atoms with Crippen LogP contribution < -0.4 is 0 Å². The number of hydrogen-bond donors (Lipinski definition) is 2. The normalized spacial score (nSPS) is 39.3. The molecule has 5 rings (SSSR count). The van der Waals surface area contributed by atoms with Crippen molar-refractivity contribution in [3.63, 3.8) is 0 Å². The zero-order valence-electron chi connectivity index (χ0n) is 37.4. The van der Waals surface area contributed by atoms with Gasteiger partial charge in [-0.25, -0.2) is 0 Å². The van der Waals surface area contributed by atoms with Gasteiger partial charge in [0.1, 0.15) is 12.2 Å². The molecule has 3 unspecified atom stereocenters. The minimum absolute atomic E-state index is 0.00220. The first-order valence-corrected chi connectivity index (χ1v) is 23.4. The number of allylic oxidation sites excluding steroid dienone is 2. The van der Waals surface area contributed by atoms with Gasteiger partial charge in [-0.2, -0.15) is 0 Å². The smallest absolute Gasteiger partial charge is 0.303 e. The Kier molecular flexibility index (Phi) is 15.4. The molecule has 2 N–H and O–H groups in total. The molecule has 56 heavy (non-hydrogen) atoms. The molecule has 0 aromatic carbocycles. The first-order valence-electron chi connectivity index (χ1n) is 23.4. The number of ether oxygens (including phenoxy) is 3. The first-order chi connectivity index (χ1) is 26.5. The Hall–Kier alpha value is -1.44. The zero-order chi connectivity index (χ0) is 40.9. The highest BCUT2D eigenvalue weighted by atomic mass is 16.6.